The normalized spacial score (nSPS) is 13.5. The molecule has 8 aromatic carbocycles. The molecular formula is C76H72BrF3N4O12. The molecule has 16 nitrogen and oxygen atoms in total. The highest BCUT2D eigenvalue weighted by atomic mass is 79.9. The summed E-state index contributed by atoms with van der Waals surface area (Å²) in [6, 6.07) is 51.7. The molecule has 0 unspecified atom stereocenters. The molecule has 0 amide bonds. The Labute approximate surface area is 563 Å². The molecule has 2 aromatic heterocycles. The zero-order chi connectivity index (χ0) is 69.1. The first kappa shape index (κ1) is 72.8. The van der Waals surface area contributed by atoms with Gasteiger partial charge in [0, 0.05) is 89.3 Å². The molecule has 4 heterocycles. The number of carbonyl (C=O) groups excluding carboxylic acids is 2. The molecule has 3 N–H and O–H groups in total. The van der Waals surface area contributed by atoms with Gasteiger partial charge in [-0.25, -0.2) is 32.3 Å². The number of halogens is 4. The van der Waals surface area contributed by atoms with Crippen LogP contribution in [-0.4, -0.2) is 106 Å². The van der Waals surface area contributed by atoms with Crippen LogP contribution in [0.1, 0.15) is 51.3 Å². The van der Waals surface area contributed by atoms with E-state index in [4.69, 9.17) is 34.2 Å². The topological polar surface area (TPSA) is 189 Å². The molecule has 2 aliphatic rings. The highest BCUT2D eigenvalue weighted by molar-refractivity contribution is 9.10. The number of carbonyl (C=O) groups is 2. The minimum Gasteiger partial charge on any atom is -0.497 e. The van der Waals surface area contributed by atoms with Crippen LogP contribution in [0.3, 0.4) is 0 Å². The van der Waals surface area contributed by atoms with Crippen LogP contribution in [0.2, 0.25) is 0 Å². The van der Waals surface area contributed by atoms with Gasteiger partial charge in [0.25, 0.3) is 0 Å². The molecule has 0 spiro atoms. The van der Waals surface area contributed by atoms with E-state index in [9.17, 15) is 32.3 Å². The first-order valence-electron chi connectivity index (χ1n) is 30.1. The summed E-state index contributed by atoms with van der Waals surface area (Å²) in [6.07, 6.45) is 5.15. The van der Waals surface area contributed by atoms with Gasteiger partial charge in [-0.05, 0) is 210 Å². The van der Waals surface area contributed by atoms with E-state index in [0.29, 0.717) is 44.4 Å². The monoisotopic (exact) mass is 1370 g/mol. The number of ether oxygens (including phenoxy) is 6. The minimum atomic E-state index is -0.617. The highest BCUT2D eigenvalue weighted by Gasteiger charge is 2.18. The molecule has 12 rings (SSSR count). The van der Waals surface area contributed by atoms with Gasteiger partial charge in [0.1, 0.15) is 52.0 Å². The van der Waals surface area contributed by atoms with Crippen molar-refractivity contribution in [1.29, 1.82) is 0 Å². The van der Waals surface area contributed by atoms with E-state index in [1.165, 1.54) is 50.6 Å². The van der Waals surface area contributed by atoms with Crippen LogP contribution >= 0.6 is 15.9 Å². The Morgan fingerprint density at radius 3 is 1.46 bits per heavy atom. The third kappa shape index (κ3) is 21.5. The van der Waals surface area contributed by atoms with Crippen LogP contribution in [0.4, 0.5) is 18.9 Å². The van der Waals surface area contributed by atoms with Gasteiger partial charge in [0.15, 0.2) is 0 Å². The van der Waals surface area contributed by atoms with Crippen molar-refractivity contribution in [3.8, 4) is 69.8 Å². The summed E-state index contributed by atoms with van der Waals surface area (Å²) in [5, 5.41) is 12.4. The number of piperazine rings is 2. The predicted octanol–water partition coefficient (Wildman–Crippen LogP) is 13.5. The number of esters is 2. The summed E-state index contributed by atoms with van der Waals surface area (Å²) in [5.41, 5.74) is 4.17. The first-order valence-corrected chi connectivity index (χ1v) is 30.9. The molecule has 2 saturated heterocycles. The lowest BCUT2D eigenvalue weighted by atomic mass is 10.1. The van der Waals surface area contributed by atoms with Crippen LogP contribution in [0, 0.1) is 41.6 Å². The molecule has 0 radical (unpaired) electrons. The smallest absolute Gasteiger partial charge is 0.344 e. The van der Waals surface area contributed by atoms with Crippen molar-refractivity contribution in [3.63, 3.8) is 0 Å². The first-order chi connectivity index (χ1) is 46.3. The number of hydrogen-bond acceptors (Lipinski definition) is 16. The molecule has 20 heteroatoms. The standard InChI is InChI=1S/C21H22N2O3.C17H13FO3.C16H11FO3.C9H8O.C8H6BrFO2.C5H12N2/c1-14-13-23(10-9-22-14)17-6-3-16-11-20(26-21(24)19(16)12-17)15-4-7-18(25-2)8-5-15;1-20-15-9-4-12(5-10-15)3-6-13-7-8-14(18)11-16(13)17(19)21-2;1-19-13-6-3-10(4-7-13)15-8-11-2-5-12(17)9-14(11)16(18)20-15;1-3-8-4-6-9(10-2)7-5-8;1-12-8(11)6-4-5(10)2-3-7(6)9;1-5-4-6-2-3-7-5/h3-8,11-12,14,22H,9-10,13H2,1-2H3;4-5,7-11H,1-2H3;2-9H,1H3;1,4-7H,2H3;2-4H,1H3;5-7H,2-4H2,1H3/t14-;;;;;5-/m0....0/s1. The van der Waals surface area contributed by atoms with E-state index >= 15 is 0 Å². The van der Waals surface area contributed by atoms with Crippen molar-refractivity contribution in [2.75, 3.05) is 86.8 Å². The van der Waals surface area contributed by atoms with Gasteiger partial charge in [0.2, 0.25) is 0 Å². The van der Waals surface area contributed by atoms with Gasteiger partial charge in [-0.1, -0.05) is 29.9 Å². The van der Waals surface area contributed by atoms with Gasteiger partial charge in [-0.2, -0.15) is 0 Å². The zero-order valence-electron chi connectivity index (χ0n) is 54.2. The van der Waals surface area contributed by atoms with Crippen molar-refractivity contribution in [3.05, 3.63) is 253 Å². The number of hydrogen-bond donors (Lipinski definition) is 3. The van der Waals surface area contributed by atoms with Crippen LogP contribution in [0.25, 0.3) is 44.2 Å². The number of anilines is 1. The van der Waals surface area contributed by atoms with Gasteiger partial charge < -0.3 is 58.1 Å². The third-order valence-corrected chi connectivity index (χ3v) is 15.3. The highest BCUT2D eigenvalue weighted by Crippen LogP contribution is 2.29. The van der Waals surface area contributed by atoms with Crippen molar-refractivity contribution in [2.24, 2.45) is 0 Å². The van der Waals surface area contributed by atoms with Gasteiger partial charge in [0.05, 0.1) is 64.6 Å². The Morgan fingerprint density at radius 1 is 0.521 bits per heavy atom. The summed E-state index contributed by atoms with van der Waals surface area (Å²) >= 11 is 3.10. The molecule has 96 heavy (non-hydrogen) atoms. The molecular weight excluding hydrogens is 1300 g/mol. The van der Waals surface area contributed by atoms with E-state index < -0.39 is 35.0 Å². The maximum absolute atomic E-state index is 13.2. The van der Waals surface area contributed by atoms with Crippen LogP contribution in [-0.2, 0) is 9.47 Å². The molecule has 496 valence electrons. The average Bonchev–Trinajstić information content (AvgIpc) is 0.801. The lowest BCUT2D eigenvalue weighted by Gasteiger charge is -2.33. The summed E-state index contributed by atoms with van der Waals surface area (Å²) in [6.45, 7) is 10.6. The quantitative estimate of drug-likeness (QED) is 0.0913. The lowest BCUT2D eigenvalue weighted by molar-refractivity contribution is 0.0590. The number of rotatable bonds is 9. The molecule has 2 aliphatic heterocycles. The second-order valence-corrected chi connectivity index (χ2v) is 22.1. The molecule has 2 atom stereocenters. The lowest BCUT2D eigenvalue weighted by Crippen LogP contribution is -2.49. The van der Waals surface area contributed by atoms with E-state index in [1.807, 2.05) is 66.7 Å². The van der Waals surface area contributed by atoms with E-state index in [0.717, 1.165) is 108 Å². The van der Waals surface area contributed by atoms with Crippen LogP contribution < -0.4 is 51.0 Å². The number of benzene rings is 8. The third-order valence-electron chi connectivity index (χ3n) is 14.6. The maximum Gasteiger partial charge on any atom is 0.344 e. The second-order valence-electron chi connectivity index (χ2n) is 21.3. The minimum absolute atomic E-state index is 0.110. The molecule has 10 aromatic rings. The Bertz CT molecular complexity index is 4450. The molecule has 0 bridgehead atoms. The molecule has 2 fully saturated rings. The van der Waals surface area contributed by atoms with Crippen molar-refractivity contribution in [1.82, 2.24) is 16.0 Å². The predicted molar refractivity (Wildman–Crippen MR) is 372 cm³/mol. The second kappa shape index (κ2) is 36.7. The SMILES string of the molecule is C#Cc1ccc(OC)cc1.COC(=O)c1cc(F)ccc1Br.COC(=O)c1cc(F)ccc1C#Cc1ccc(OC)cc1.COc1ccc(-c2cc3ccc(F)cc3c(=O)o2)cc1.COc1ccc(-c2cc3ccc(N4CCN[C@@H](C)C4)cc3c(=O)o2)cc1.C[C@H]1CNCCN1. The van der Waals surface area contributed by atoms with Gasteiger partial charge >= 0.3 is 23.2 Å². The molecule has 0 saturated carbocycles. The van der Waals surface area contributed by atoms with Gasteiger partial charge in [-0.3, -0.25) is 0 Å². The maximum atomic E-state index is 13.2. The Morgan fingerprint density at radius 2 is 0.979 bits per heavy atom. The summed E-state index contributed by atoms with van der Waals surface area (Å²) in [4.78, 5) is 49.3. The summed E-state index contributed by atoms with van der Waals surface area (Å²) in [7, 11) is 8.92. The average molecular weight is 1370 g/mol. The van der Waals surface area contributed by atoms with Crippen molar-refractivity contribution >= 4 is 55.1 Å². The Balaban J connectivity index is 0.000000170. The fourth-order valence-corrected chi connectivity index (χ4v) is 9.86. The zero-order valence-corrected chi connectivity index (χ0v) is 55.7. The van der Waals surface area contributed by atoms with Gasteiger partial charge in [-0.15, -0.1) is 6.42 Å². The Hall–Kier alpha value is -10.6. The van der Waals surface area contributed by atoms with Crippen LogP contribution in [0.5, 0.6) is 23.0 Å². The van der Waals surface area contributed by atoms with Crippen molar-refractivity contribution in [2.45, 2.75) is 25.9 Å². The Kier molecular flexibility index (Phi) is 27.9. The van der Waals surface area contributed by atoms with E-state index in [1.54, 1.807) is 89.1 Å². The number of terminal acetylenes is 1. The number of nitrogens with zero attached hydrogens (tertiary/aromatic N) is 1. The van der Waals surface area contributed by atoms with E-state index in [2.05, 4.69) is 83.9 Å². The number of nitrogens with one attached hydrogen (secondary N) is 3. The summed E-state index contributed by atoms with van der Waals surface area (Å²) in [5.74, 6) is 9.76. The fraction of sp³-hybridized carbons (Fsp3) is 0.211. The van der Waals surface area contributed by atoms with Crippen molar-refractivity contribution < 1.29 is 60.0 Å². The molecule has 0 aliphatic carbocycles. The number of methoxy groups -OCH3 is 6. The fourth-order valence-electron chi connectivity index (χ4n) is 9.45. The largest absolute Gasteiger partial charge is 0.497 e. The number of fused-ring (bicyclic) bond motifs is 2. The summed E-state index contributed by atoms with van der Waals surface area (Å²) < 4.78 is 79.6. The van der Waals surface area contributed by atoms with E-state index in [-0.39, 0.29) is 22.1 Å². The van der Waals surface area contributed by atoms with Crippen LogP contribution in [0.15, 0.2) is 205 Å².